The predicted octanol–water partition coefficient (Wildman–Crippen LogP) is 5.46. The molecule has 0 saturated carbocycles. The Morgan fingerprint density at radius 2 is 0.957 bits per heavy atom. The topological polar surface area (TPSA) is 52.0 Å². The van der Waals surface area contributed by atoms with Gasteiger partial charge in [0.15, 0.2) is 0 Å². The van der Waals surface area contributed by atoms with E-state index in [1.165, 1.54) is 25.1 Å². The average Bonchev–Trinajstić information content (AvgIpc) is 2.51. The summed E-state index contributed by atoms with van der Waals surface area (Å²) in [6, 6.07) is 22.6. The van der Waals surface area contributed by atoms with Crippen molar-refractivity contribution in [3.05, 3.63) is 72.3 Å². The van der Waals surface area contributed by atoms with E-state index in [1.807, 2.05) is 24.3 Å². The van der Waals surface area contributed by atoms with E-state index in [0.717, 1.165) is 11.4 Å². The predicted molar refractivity (Wildman–Crippen MR) is 101 cm³/mol. The minimum atomic E-state index is 0.790. The Bertz CT molecular complexity index is 731. The van der Waals surface area contributed by atoms with Crippen LogP contribution < -0.4 is 11.5 Å². The second-order valence-electron chi connectivity index (χ2n) is 5.32. The molecule has 0 aliphatic rings. The van der Waals surface area contributed by atoms with Crippen molar-refractivity contribution in [1.29, 1.82) is 0 Å². The maximum atomic E-state index is 5.74. The third-order valence-corrected chi connectivity index (χ3v) is 5.21. The van der Waals surface area contributed by atoms with Crippen molar-refractivity contribution in [3.8, 4) is 0 Å². The molecule has 0 spiro atoms. The van der Waals surface area contributed by atoms with E-state index in [0.29, 0.717) is 0 Å². The highest BCUT2D eigenvalue weighted by Gasteiger charge is 2.04. The van der Waals surface area contributed by atoms with Gasteiger partial charge < -0.3 is 11.5 Å². The maximum absolute atomic E-state index is 5.74. The minimum Gasteiger partial charge on any atom is -0.399 e. The molecule has 0 bridgehead atoms. The molecule has 2 nitrogen and oxygen atoms in total. The van der Waals surface area contributed by atoms with Gasteiger partial charge in [-0.1, -0.05) is 23.5 Å². The molecule has 0 aromatic heterocycles. The first-order valence-corrected chi connectivity index (χ1v) is 8.90. The summed E-state index contributed by atoms with van der Waals surface area (Å²) in [6.07, 6.45) is 0. The molecule has 116 valence electrons. The van der Waals surface area contributed by atoms with Crippen molar-refractivity contribution in [3.63, 3.8) is 0 Å². The zero-order valence-electron chi connectivity index (χ0n) is 12.8. The van der Waals surface area contributed by atoms with Gasteiger partial charge in [-0.3, -0.25) is 0 Å². The summed E-state index contributed by atoms with van der Waals surface area (Å²) in [5.41, 5.74) is 14.3. The summed E-state index contributed by atoms with van der Waals surface area (Å²) in [5.74, 6) is 0. The molecule has 0 aliphatic carbocycles. The van der Waals surface area contributed by atoms with Crippen molar-refractivity contribution in [1.82, 2.24) is 0 Å². The lowest BCUT2D eigenvalue weighted by Crippen LogP contribution is -1.84. The van der Waals surface area contributed by atoms with Gasteiger partial charge in [-0.25, -0.2) is 0 Å². The Balaban J connectivity index is 1.81. The molecule has 3 rings (SSSR count). The van der Waals surface area contributed by atoms with Gasteiger partial charge in [0.05, 0.1) is 0 Å². The van der Waals surface area contributed by atoms with Gasteiger partial charge in [-0.05, 0) is 79.2 Å². The Hall–Kier alpha value is -2.04. The molecule has 0 saturated heterocycles. The number of hydrogen-bond acceptors (Lipinski definition) is 4. The highest BCUT2D eigenvalue weighted by atomic mass is 32.2. The van der Waals surface area contributed by atoms with Gasteiger partial charge in [0.1, 0.15) is 0 Å². The summed E-state index contributed by atoms with van der Waals surface area (Å²) >= 11 is 3.50. The number of rotatable bonds is 4. The lowest BCUT2D eigenvalue weighted by atomic mass is 10.2. The molecule has 4 N–H and O–H groups in total. The van der Waals surface area contributed by atoms with E-state index in [-0.39, 0.29) is 0 Å². The molecule has 0 heterocycles. The second-order valence-corrected chi connectivity index (χ2v) is 7.62. The van der Waals surface area contributed by atoms with E-state index in [2.05, 4.69) is 49.4 Å². The van der Waals surface area contributed by atoms with E-state index < -0.39 is 0 Å². The van der Waals surface area contributed by atoms with Crippen molar-refractivity contribution in [2.45, 2.75) is 26.5 Å². The molecule has 0 aliphatic heterocycles. The van der Waals surface area contributed by atoms with Crippen LogP contribution in [0.15, 0.2) is 86.3 Å². The standard InChI is InChI=1S/C19H18N2S2/c1-13-10-18(22-16-6-2-14(20)3-7-16)12-19(11-13)23-17-8-4-15(21)5-9-17/h2-12H,20-21H2,1H3. The Labute approximate surface area is 145 Å². The largest absolute Gasteiger partial charge is 0.399 e. The van der Waals surface area contributed by atoms with Crippen molar-refractivity contribution >= 4 is 34.9 Å². The van der Waals surface area contributed by atoms with Gasteiger partial charge in [-0.2, -0.15) is 0 Å². The highest BCUT2D eigenvalue weighted by Crippen LogP contribution is 2.35. The lowest BCUT2D eigenvalue weighted by Gasteiger charge is -2.08. The van der Waals surface area contributed by atoms with Gasteiger partial charge in [0.25, 0.3) is 0 Å². The van der Waals surface area contributed by atoms with E-state index >= 15 is 0 Å². The van der Waals surface area contributed by atoms with E-state index in [1.54, 1.807) is 23.5 Å². The lowest BCUT2D eigenvalue weighted by molar-refractivity contribution is 1.25. The first kappa shape index (κ1) is 15.8. The molecule has 23 heavy (non-hydrogen) atoms. The summed E-state index contributed by atoms with van der Waals surface area (Å²) in [4.78, 5) is 4.84. The van der Waals surface area contributed by atoms with Gasteiger partial charge in [0, 0.05) is 31.0 Å². The Kier molecular flexibility index (Phi) is 4.84. The third-order valence-electron chi connectivity index (χ3n) is 3.26. The molecule has 0 fully saturated rings. The Morgan fingerprint density at radius 1 is 0.565 bits per heavy atom. The molecule has 0 unspecified atom stereocenters. The van der Waals surface area contributed by atoms with Gasteiger partial charge >= 0.3 is 0 Å². The minimum absolute atomic E-state index is 0.790. The fourth-order valence-electron chi connectivity index (χ4n) is 2.18. The number of aryl methyl sites for hydroxylation is 1. The number of hydrogen-bond donors (Lipinski definition) is 2. The SMILES string of the molecule is Cc1cc(Sc2ccc(N)cc2)cc(Sc2ccc(N)cc2)c1. The number of anilines is 2. The van der Waals surface area contributed by atoms with Crippen molar-refractivity contribution in [2.75, 3.05) is 11.5 Å². The first-order valence-electron chi connectivity index (χ1n) is 7.27. The van der Waals surface area contributed by atoms with E-state index in [9.17, 15) is 0 Å². The van der Waals surface area contributed by atoms with Crippen molar-refractivity contribution < 1.29 is 0 Å². The van der Waals surface area contributed by atoms with E-state index in [4.69, 9.17) is 11.5 Å². The van der Waals surface area contributed by atoms with Crippen LogP contribution in [0.25, 0.3) is 0 Å². The van der Waals surface area contributed by atoms with Gasteiger partial charge in [-0.15, -0.1) is 0 Å². The normalized spacial score (nSPS) is 10.7. The van der Waals surface area contributed by atoms with Crippen LogP contribution >= 0.6 is 23.5 Å². The molecular weight excluding hydrogens is 320 g/mol. The van der Waals surface area contributed by atoms with Crippen molar-refractivity contribution in [2.24, 2.45) is 0 Å². The summed E-state index contributed by atoms with van der Waals surface area (Å²) < 4.78 is 0. The zero-order chi connectivity index (χ0) is 16.2. The van der Waals surface area contributed by atoms with Crippen LogP contribution in [0.5, 0.6) is 0 Å². The fourth-order valence-corrected chi connectivity index (χ4v) is 4.20. The first-order chi connectivity index (χ1) is 11.1. The Morgan fingerprint density at radius 3 is 1.35 bits per heavy atom. The quantitative estimate of drug-likeness (QED) is 0.620. The number of nitrogen functional groups attached to an aromatic ring is 2. The zero-order valence-corrected chi connectivity index (χ0v) is 14.5. The van der Waals surface area contributed by atoms with Crippen LogP contribution in [0.2, 0.25) is 0 Å². The van der Waals surface area contributed by atoms with Crippen LogP contribution in [0, 0.1) is 6.92 Å². The smallest absolute Gasteiger partial charge is 0.0314 e. The number of nitrogens with two attached hydrogens (primary N) is 2. The maximum Gasteiger partial charge on any atom is 0.0314 e. The van der Waals surface area contributed by atoms with Crippen LogP contribution in [-0.4, -0.2) is 0 Å². The molecule has 0 amide bonds. The van der Waals surface area contributed by atoms with Crippen LogP contribution in [-0.2, 0) is 0 Å². The third kappa shape index (κ3) is 4.47. The summed E-state index contributed by atoms with van der Waals surface area (Å²) in [5, 5.41) is 0. The summed E-state index contributed by atoms with van der Waals surface area (Å²) in [7, 11) is 0. The van der Waals surface area contributed by atoms with Crippen LogP contribution in [0.4, 0.5) is 11.4 Å². The molecular formula is C19H18N2S2. The summed E-state index contributed by atoms with van der Waals surface area (Å²) in [6.45, 7) is 2.13. The van der Waals surface area contributed by atoms with Gasteiger partial charge in [0.2, 0.25) is 0 Å². The molecule has 0 atom stereocenters. The average molecular weight is 339 g/mol. The fraction of sp³-hybridized carbons (Fsp3) is 0.0526. The highest BCUT2D eigenvalue weighted by molar-refractivity contribution is 8.00. The second kappa shape index (κ2) is 7.02. The molecule has 0 radical (unpaired) electrons. The molecule has 3 aromatic rings. The molecule has 3 aromatic carbocycles. The monoisotopic (exact) mass is 338 g/mol. The van der Waals surface area contributed by atoms with Crippen LogP contribution in [0.1, 0.15) is 5.56 Å². The van der Waals surface area contributed by atoms with Crippen LogP contribution in [0.3, 0.4) is 0 Å². The number of benzene rings is 3. The molecule has 4 heteroatoms.